The van der Waals surface area contributed by atoms with E-state index in [2.05, 4.69) is 15.3 Å². The first-order valence-electron chi connectivity index (χ1n) is 4.91. The molecule has 0 fully saturated rings. The number of aromatic nitrogens is 2. The third-order valence-electron chi connectivity index (χ3n) is 1.93. The van der Waals surface area contributed by atoms with Crippen molar-refractivity contribution in [2.24, 2.45) is 0 Å². The van der Waals surface area contributed by atoms with E-state index in [1.807, 2.05) is 13.0 Å². The fraction of sp³-hybridized carbons (Fsp3) is 0.500. The Bertz CT molecular complexity index is 348. The molecule has 0 aliphatic heterocycles. The lowest BCUT2D eigenvalue weighted by Gasteiger charge is -2.11. The number of hydrogen-bond donors (Lipinski definition) is 2. The fourth-order valence-corrected chi connectivity index (χ4v) is 1.20. The van der Waals surface area contributed by atoms with Gasteiger partial charge >= 0.3 is 0 Å². The Morgan fingerprint density at radius 3 is 2.93 bits per heavy atom. The molecule has 5 nitrogen and oxygen atoms in total. The highest BCUT2D eigenvalue weighted by Gasteiger charge is 2.06. The average molecular weight is 206 g/mol. The second-order valence-electron chi connectivity index (χ2n) is 3.19. The topological polar surface area (TPSA) is 81.8 Å². The average Bonchev–Trinajstić information content (AvgIpc) is 2.27. The van der Waals surface area contributed by atoms with Gasteiger partial charge in [0, 0.05) is 18.9 Å². The van der Waals surface area contributed by atoms with Crippen LogP contribution in [0.15, 0.2) is 12.4 Å². The molecule has 0 radical (unpaired) electrons. The molecule has 0 aliphatic carbocycles. The number of hydrogen-bond acceptors (Lipinski definition) is 5. The molecule has 0 spiro atoms. The van der Waals surface area contributed by atoms with Gasteiger partial charge in [0.25, 0.3) is 0 Å². The van der Waals surface area contributed by atoms with E-state index in [4.69, 9.17) is 5.26 Å². The number of nitriles is 1. The summed E-state index contributed by atoms with van der Waals surface area (Å²) in [4.78, 5) is 7.83. The van der Waals surface area contributed by atoms with Crippen LogP contribution in [0.4, 0.5) is 5.82 Å². The molecular weight excluding hydrogens is 192 g/mol. The summed E-state index contributed by atoms with van der Waals surface area (Å²) in [6.45, 7) is 2.40. The van der Waals surface area contributed by atoms with Gasteiger partial charge in [-0.2, -0.15) is 5.26 Å². The molecular formula is C10H14N4O. The second-order valence-corrected chi connectivity index (χ2v) is 3.19. The highest BCUT2D eigenvalue weighted by Crippen LogP contribution is 2.07. The molecule has 5 heteroatoms. The lowest BCUT2D eigenvalue weighted by molar-refractivity contribution is 0.176. The lowest BCUT2D eigenvalue weighted by atomic mass is 10.2. The van der Waals surface area contributed by atoms with Crippen LogP contribution >= 0.6 is 0 Å². The van der Waals surface area contributed by atoms with E-state index in [0.717, 1.165) is 12.8 Å². The standard InChI is InChI=1S/C10H14N4O/c1-2-3-8(15)7-14-10-9(6-11)12-4-5-13-10/h4-5,8,15H,2-3,7H2,1H3,(H,13,14). The van der Waals surface area contributed by atoms with Gasteiger partial charge in [0.05, 0.1) is 6.10 Å². The maximum absolute atomic E-state index is 9.48. The molecule has 0 aliphatic rings. The molecule has 0 saturated carbocycles. The van der Waals surface area contributed by atoms with Crippen molar-refractivity contribution in [2.75, 3.05) is 11.9 Å². The Balaban J connectivity index is 2.54. The molecule has 1 unspecified atom stereocenters. The van der Waals surface area contributed by atoms with Gasteiger partial charge in [0.15, 0.2) is 11.5 Å². The van der Waals surface area contributed by atoms with Gasteiger partial charge < -0.3 is 10.4 Å². The van der Waals surface area contributed by atoms with E-state index < -0.39 is 6.10 Å². The first kappa shape index (κ1) is 11.4. The van der Waals surface area contributed by atoms with E-state index in [9.17, 15) is 5.11 Å². The third kappa shape index (κ3) is 3.52. The lowest BCUT2D eigenvalue weighted by Crippen LogP contribution is -2.20. The van der Waals surface area contributed by atoms with Gasteiger partial charge in [-0.3, -0.25) is 0 Å². The Kier molecular flexibility index (Phi) is 4.51. The largest absolute Gasteiger partial charge is 0.391 e. The molecule has 0 saturated heterocycles. The molecule has 15 heavy (non-hydrogen) atoms. The van der Waals surface area contributed by atoms with E-state index in [1.165, 1.54) is 12.4 Å². The fourth-order valence-electron chi connectivity index (χ4n) is 1.20. The maximum Gasteiger partial charge on any atom is 0.182 e. The van der Waals surface area contributed by atoms with Crippen molar-refractivity contribution >= 4 is 5.82 Å². The number of rotatable bonds is 5. The van der Waals surface area contributed by atoms with Crippen LogP contribution in [0.1, 0.15) is 25.5 Å². The van der Waals surface area contributed by atoms with Crippen LogP contribution in [-0.2, 0) is 0 Å². The number of aliphatic hydroxyl groups excluding tert-OH is 1. The number of nitrogens with zero attached hydrogens (tertiary/aromatic N) is 3. The zero-order valence-corrected chi connectivity index (χ0v) is 8.64. The molecule has 0 aromatic carbocycles. The van der Waals surface area contributed by atoms with Gasteiger partial charge in [0.2, 0.25) is 0 Å². The van der Waals surface area contributed by atoms with E-state index in [1.54, 1.807) is 0 Å². The first-order chi connectivity index (χ1) is 7.27. The van der Waals surface area contributed by atoms with Crippen LogP contribution in [0.5, 0.6) is 0 Å². The van der Waals surface area contributed by atoms with Gasteiger partial charge in [-0.1, -0.05) is 13.3 Å². The van der Waals surface area contributed by atoms with Crippen molar-refractivity contribution in [3.8, 4) is 6.07 Å². The summed E-state index contributed by atoms with van der Waals surface area (Å²) in [6.07, 6.45) is 4.22. The van der Waals surface area contributed by atoms with Gasteiger partial charge in [0.1, 0.15) is 6.07 Å². The van der Waals surface area contributed by atoms with E-state index >= 15 is 0 Å². The van der Waals surface area contributed by atoms with Crippen molar-refractivity contribution in [2.45, 2.75) is 25.9 Å². The second kappa shape index (κ2) is 5.94. The monoisotopic (exact) mass is 206 g/mol. The molecule has 1 aromatic heterocycles. The minimum Gasteiger partial charge on any atom is -0.391 e. The predicted octanol–water partition coefficient (Wildman–Crippen LogP) is 0.921. The number of nitrogens with one attached hydrogen (secondary N) is 1. The highest BCUT2D eigenvalue weighted by atomic mass is 16.3. The number of aliphatic hydroxyl groups is 1. The van der Waals surface area contributed by atoms with Crippen molar-refractivity contribution in [3.05, 3.63) is 18.1 Å². The quantitative estimate of drug-likeness (QED) is 0.748. The van der Waals surface area contributed by atoms with Crippen LogP contribution in [0.25, 0.3) is 0 Å². The molecule has 2 N–H and O–H groups in total. The Hall–Kier alpha value is -1.67. The summed E-state index contributed by atoms with van der Waals surface area (Å²) in [6, 6.07) is 1.93. The Morgan fingerprint density at radius 2 is 2.27 bits per heavy atom. The maximum atomic E-state index is 9.48. The van der Waals surface area contributed by atoms with Crippen molar-refractivity contribution in [1.82, 2.24) is 9.97 Å². The van der Waals surface area contributed by atoms with Crippen LogP contribution in [0.2, 0.25) is 0 Å². The van der Waals surface area contributed by atoms with Crippen molar-refractivity contribution in [1.29, 1.82) is 5.26 Å². The Morgan fingerprint density at radius 1 is 1.53 bits per heavy atom. The summed E-state index contributed by atoms with van der Waals surface area (Å²) in [5.74, 6) is 0.426. The van der Waals surface area contributed by atoms with Crippen LogP contribution in [0, 0.1) is 11.3 Å². The SMILES string of the molecule is CCCC(O)CNc1nccnc1C#N. The number of anilines is 1. The normalized spacial score (nSPS) is 11.8. The predicted molar refractivity (Wildman–Crippen MR) is 56.2 cm³/mol. The van der Waals surface area contributed by atoms with Gasteiger partial charge in [-0.25, -0.2) is 9.97 Å². The van der Waals surface area contributed by atoms with Crippen LogP contribution in [-0.4, -0.2) is 27.7 Å². The molecule has 80 valence electrons. The van der Waals surface area contributed by atoms with E-state index in [-0.39, 0.29) is 5.69 Å². The third-order valence-corrected chi connectivity index (χ3v) is 1.93. The Labute approximate surface area is 88.8 Å². The molecule has 0 amide bonds. The molecule has 1 rings (SSSR count). The first-order valence-corrected chi connectivity index (χ1v) is 4.91. The smallest absolute Gasteiger partial charge is 0.182 e. The zero-order valence-electron chi connectivity index (χ0n) is 8.64. The molecule has 1 aromatic rings. The van der Waals surface area contributed by atoms with Crippen molar-refractivity contribution < 1.29 is 5.11 Å². The highest BCUT2D eigenvalue weighted by molar-refractivity contribution is 5.46. The minimum atomic E-state index is -0.413. The summed E-state index contributed by atoms with van der Waals surface area (Å²) in [5.41, 5.74) is 0.251. The summed E-state index contributed by atoms with van der Waals surface area (Å²) in [7, 11) is 0. The summed E-state index contributed by atoms with van der Waals surface area (Å²) >= 11 is 0. The molecule has 1 atom stereocenters. The van der Waals surface area contributed by atoms with Crippen LogP contribution in [0.3, 0.4) is 0 Å². The zero-order chi connectivity index (χ0) is 11.1. The summed E-state index contributed by atoms with van der Waals surface area (Å²) < 4.78 is 0. The van der Waals surface area contributed by atoms with Gasteiger partial charge in [-0.05, 0) is 6.42 Å². The van der Waals surface area contributed by atoms with Crippen molar-refractivity contribution in [3.63, 3.8) is 0 Å². The minimum absolute atomic E-state index is 0.251. The summed E-state index contributed by atoms with van der Waals surface area (Å²) in [5, 5.41) is 21.1. The van der Waals surface area contributed by atoms with E-state index in [0.29, 0.717) is 12.4 Å². The molecule has 0 bridgehead atoms. The molecule has 1 heterocycles. The van der Waals surface area contributed by atoms with Gasteiger partial charge in [-0.15, -0.1) is 0 Å². The van der Waals surface area contributed by atoms with Crippen LogP contribution < -0.4 is 5.32 Å².